The first-order valence-electron chi connectivity index (χ1n) is 10.5. The van der Waals surface area contributed by atoms with Gasteiger partial charge < -0.3 is 15.1 Å². The molecule has 33 heavy (non-hydrogen) atoms. The van der Waals surface area contributed by atoms with Crippen molar-refractivity contribution in [2.75, 3.05) is 48.2 Å². The number of anilines is 3. The van der Waals surface area contributed by atoms with Crippen LogP contribution in [0.15, 0.2) is 77.7 Å². The Kier molecular flexibility index (Phi) is 6.88. The molecule has 1 heterocycles. The maximum Gasteiger partial charge on any atom is 0.261 e. The van der Waals surface area contributed by atoms with Gasteiger partial charge in [0, 0.05) is 42.5 Å². The molecule has 1 aliphatic heterocycles. The largest absolute Gasteiger partial charge is 0.367 e. The average molecular weight is 485 g/mol. The molecule has 0 aromatic heterocycles. The third kappa shape index (κ3) is 5.65. The van der Waals surface area contributed by atoms with Crippen molar-refractivity contribution in [3.05, 3.63) is 83.4 Å². The van der Waals surface area contributed by atoms with Crippen molar-refractivity contribution in [3.8, 4) is 0 Å². The second-order valence-electron chi connectivity index (χ2n) is 7.91. The number of piperazine rings is 1. The van der Waals surface area contributed by atoms with Crippen molar-refractivity contribution >= 4 is 44.6 Å². The standard InChI is InChI=1S/C24H25ClN4O3S/c1-28-12-14-29(15-13-28)23-11-10-19(25)17-22(23)26-24(30)18-6-5-7-20(16-18)27-33(31,32)21-8-3-2-4-9-21/h2-11,16-17,27H,12-15H2,1H3,(H,26,30). The summed E-state index contributed by atoms with van der Waals surface area (Å²) in [7, 11) is -1.67. The lowest BCUT2D eigenvalue weighted by Gasteiger charge is -2.35. The van der Waals surface area contributed by atoms with Crippen LogP contribution in [0.4, 0.5) is 17.1 Å². The van der Waals surface area contributed by atoms with Crippen LogP contribution >= 0.6 is 11.6 Å². The molecule has 0 spiro atoms. The van der Waals surface area contributed by atoms with Crippen molar-refractivity contribution in [2.24, 2.45) is 0 Å². The number of rotatable bonds is 6. The van der Waals surface area contributed by atoms with E-state index in [9.17, 15) is 13.2 Å². The molecule has 7 nitrogen and oxygen atoms in total. The van der Waals surface area contributed by atoms with Crippen molar-refractivity contribution in [1.82, 2.24) is 4.90 Å². The topological polar surface area (TPSA) is 81.8 Å². The number of benzene rings is 3. The van der Waals surface area contributed by atoms with E-state index in [1.165, 1.54) is 18.2 Å². The Bertz CT molecular complexity index is 1240. The number of likely N-dealkylation sites (N-methyl/N-ethyl adjacent to an activating group) is 1. The van der Waals surface area contributed by atoms with Gasteiger partial charge in [0.2, 0.25) is 0 Å². The Hall–Kier alpha value is -3.07. The van der Waals surface area contributed by atoms with Crippen molar-refractivity contribution in [1.29, 1.82) is 0 Å². The third-order valence-corrected chi connectivity index (χ3v) is 7.11. The summed E-state index contributed by atoms with van der Waals surface area (Å²) >= 11 is 6.21. The Morgan fingerprint density at radius 2 is 1.64 bits per heavy atom. The lowest BCUT2D eigenvalue weighted by molar-refractivity contribution is 0.102. The maximum absolute atomic E-state index is 13.0. The predicted octanol–water partition coefficient (Wildman–Crippen LogP) is 4.14. The van der Waals surface area contributed by atoms with Gasteiger partial charge in [0.15, 0.2) is 0 Å². The zero-order chi connectivity index (χ0) is 23.4. The van der Waals surface area contributed by atoms with Gasteiger partial charge in [-0.05, 0) is 55.6 Å². The molecule has 0 atom stereocenters. The minimum absolute atomic E-state index is 0.149. The number of carbonyl (C=O) groups is 1. The zero-order valence-electron chi connectivity index (χ0n) is 18.2. The number of carbonyl (C=O) groups excluding carboxylic acids is 1. The van der Waals surface area contributed by atoms with Gasteiger partial charge in [0.25, 0.3) is 15.9 Å². The molecule has 0 radical (unpaired) electrons. The molecular weight excluding hydrogens is 460 g/mol. The molecule has 2 N–H and O–H groups in total. The van der Waals surface area contributed by atoms with Gasteiger partial charge in [-0.15, -0.1) is 0 Å². The molecular formula is C24H25ClN4O3S. The van der Waals surface area contributed by atoms with E-state index < -0.39 is 10.0 Å². The number of amides is 1. The third-order valence-electron chi connectivity index (χ3n) is 5.48. The van der Waals surface area contributed by atoms with E-state index in [2.05, 4.69) is 26.9 Å². The Morgan fingerprint density at radius 1 is 0.909 bits per heavy atom. The molecule has 3 aromatic rings. The molecule has 9 heteroatoms. The minimum atomic E-state index is -3.76. The van der Waals surface area contributed by atoms with E-state index in [0.717, 1.165) is 31.9 Å². The molecule has 0 unspecified atom stereocenters. The fraction of sp³-hybridized carbons (Fsp3) is 0.208. The number of nitrogens with one attached hydrogen (secondary N) is 2. The normalized spacial score (nSPS) is 14.7. The molecule has 0 aliphatic carbocycles. The second-order valence-corrected chi connectivity index (χ2v) is 10.0. The Labute approximate surface area is 199 Å². The van der Waals surface area contributed by atoms with Gasteiger partial charge in [-0.25, -0.2) is 8.42 Å². The lowest BCUT2D eigenvalue weighted by atomic mass is 10.1. The summed E-state index contributed by atoms with van der Waals surface area (Å²) in [6.45, 7) is 3.55. The first-order chi connectivity index (χ1) is 15.8. The Balaban J connectivity index is 1.54. The summed E-state index contributed by atoms with van der Waals surface area (Å²) in [6, 6.07) is 19.9. The lowest BCUT2D eigenvalue weighted by Crippen LogP contribution is -2.44. The van der Waals surface area contributed by atoms with Crippen LogP contribution in [0.1, 0.15) is 10.4 Å². The van der Waals surface area contributed by atoms with Crippen molar-refractivity contribution < 1.29 is 13.2 Å². The molecule has 3 aromatic carbocycles. The highest BCUT2D eigenvalue weighted by atomic mass is 35.5. The van der Waals surface area contributed by atoms with Gasteiger partial charge in [-0.3, -0.25) is 9.52 Å². The molecule has 1 amide bonds. The van der Waals surface area contributed by atoms with E-state index in [4.69, 9.17) is 11.6 Å². The maximum atomic E-state index is 13.0. The highest BCUT2D eigenvalue weighted by Crippen LogP contribution is 2.30. The summed E-state index contributed by atoms with van der Waals surface area (Å²) in [5.74, 6) is -0.353. The molecule has 172 valence electrons. The first kappa shape index (κ1) is 23.1. The molecule has 1 saturated heterocycles. The predicted molar refractivity (Wildman–Crippen MR) is 133 cm³/mol. The number of nitrogens with zero attached hydrogens (tertiary/aromatic N) is 2. The number of halogens is 1. The quantitative estimate of drug-likeness (QED) is 0.549. The highest BCUT2D eigenvalue weighted by molar-refractivity contribution is 7.92. The van der Waals surface area contributed by atoms with Crippen LogP contribution < -0.4 is 14.9 Å². The summed E-state index contributed by atoms with van der Waals surface area (Å²) in [6.07, 6.45) is 0. The van der Waals surface area contributed by atoms with Crippen LogP contribution in [0.2, 0.25) is 5.02 Å². The van der Waals surface area contributed by atoms with Gasteiger partial charge in [-0.1, -0.05) is 35.9 Å². The van der Waals surface area contributed by atoms with Gasteiger partial charge in [-0.2, -0.15) is 0 Å². The van der Waals surface area contributed by atoms with E-state index in [-0.39, 0.29) is 10.8 Å². The van der Waals surface area contributed by atoms with Crippen LogP contribution in [0, 0.1) is 0 Å². The van der Waals surface area contributed by atoms with Crippen LogP contribution in [0.5, 0.6) is 0 Å². The van der Waals surface area contributed by atoms with Gasteiger partial charge in [0.1, 0.15) is 0 Å². The van der Waals surface area contributed by atoms with Crippen LogP contribution in [-0.4, -0.2) is 52.5 Å². The molecule has 0 bridgehead atoms. The second kappa shape index (κ2) is 9.82. The SMILES string of the molecule is CN1CCN(c2ccc(Cl)cc2NC(=O)c2cccc(NS(=O)(=O)c3ccccc3)c2)CC1. The van der Waals surface area contributed by atoms with Crippen LogP contribution in [0.25, 0.3) is 0 Å². The fourth-order valence-electron chi connectivity index (χ4n) is 3.66. The number of hydrogen-bond donors (Lipinski definition) is 2. The fourth-order valence-corrected chi connectivity index (χ4v) is 4.91. The molecule has 4 rings (SSSR count). The zero-order valence-corrected chi connectivity index (χ0v) is 19.7. The number of hydrogen-bond acceptors (Lipinski definition) is 5. The van der Waals surface area contributed by atoms with Crippen LogP contribution in [-0.2, 0) is 10.0 Å². The smallest absolute Gasteiger partial charge is 0.261 e. The van der Waals surface area contributed by atoms with Gasteiger partial charge >= 0.3 is 0 Å². The van der Waals surface area contributed by atoms with E-state index in [0.29, 0.717) is 22.0 Å². The van der Waals surface area contributed by atoms with Crippen molar-refractivity contribution in [3.63, 3.8) is 0 Å². The monoisotopic (exact) mass is 484 g/mol. The summed E-state index contributed by atoms with van der Waals surface area (Å²) < 4.78 is 27.8. The molecule has 1 aliphatic rings. The van der Waals surface area contributed by atoms with E-state index in [1.54, 1.807) is 42.5 Å². The number of sulfonamides is 1. The van der Waals surface area contributed by atoms with E-state index in [1.807, 2.05) is 12.1 Å². The van der Waals surface area contributed by atoms with Crippen LogP contribution in [0.3, 0.4) is 0 Å². The average Bonchev–Trinajstić information content (AvgIpc) is 2.80. The van der Waals surface area contributed by atoms with Crippen molar-refractivity contribution in [2.45, 2.75) is 4.90 Å². The van der Waals surface area contributed by atoms with E-state index >= 15 is 0 Å². The summed E-state index contributed by atoms with van der Waals surface area (Å²) in [4.78, 5) is 17.7. The summed E-state index contributed by atoms with van der Waals surface area (Å²) in [5.41, 5.74) is 2.15. The minimum Gasteiger partial charge on any atom is -0.367 e. The summed E-state index contributed by atoms with van der Waals surface area (Å²) in [5, 5.41) is 3.46. The molecule has 0 saturated carbocycles. The molecule has 1 fully saturated rings. The first-order valence-corrected chi connectivity index (χ1v) is 12.4. The van der Waals surface area contributed by atoms with Gasteiger partial charge in [0.05, 0.1) is 16.3 Å². The Morgan fingerprint density at radius 3 is 2.36 bits per heavy atom. The highest BCUT2D eigenvalue weighted by Gasteiger charge is 2.19.